The summed E-state index contributed by atoms with van der Waals surface area (Å²) >= 11 is 0. The molecule has 3 aliphatic heterocycles. The predicted molar refractivity (Wildman–Crippen MR) is 185 cm³/mol. The fraction of sp³-hybridized carbons (Fsp3) is 0.946. The van der Waals surface area contributed by atoms with Crippen molar-refractivity contribution in [1.29, 1.82) is 0 Å². The van der Waals surface area contributed by atoms with E-state index < -0.39 is 108 Å². The maximum absolute atomic E-state index is 14.1. The smallest absolute Gasteiger partial charge is 0.311 e. The Hall–Kier alpha value is -1.30. The van der Waals surface area contributed by atoms with Crippen molar-refractivity contribution < 1.29 is 68.4 Å². The Bertz CT molecular complexity index is 1170. The predicted octanol–water partition coefficient (Wildman–Crippen LogP) is 0.369. The van der Waals surface area contributed by atoms with E-state index in [0.717, 1.165) is 4.90 Å². The number of likely N-dealkylation sites (N-methyl/N-ethyl adjacent to an activating group) is 1. The number of rotatable bonds is 7. The molecule has 18 unspecified atom stereocenters. The molecule has 6 N–H and O–H groups in total. The van der Waals surface area contributed by atoms with Crippen LogP contribution in [-0.4, -0.2) is 143 Å². The number of nitrogens with one attached hydrogen (secondary N) is 1. The van der Waals surface area contributed by atoms with Gasteiger partial charge < -0.3 is 58.9 Å². The third-order valence-corrected chi connectivity index (χ3v) is 11.9. The van der Waals surface area contributed by atoms with Crippen molar-refractivity contribution in [3.63, 3.8) is 0 Å². The number of esters is 1. The van der Waals surface area contributed by atoms with Crippen molar-refractivity contribution in [3.8, 4) is 0 Å². The van der Waals surface area contributed by atoms with E-state index in [1.807, 2.05) is 21.0 Å². The van der Waals surface area contributed by atoms with Gasteiger partial charge in [-0.15, -0.1) is 0 Å². The van der Waals surface area contributed by atoms with E-state index in [-0.39, 0.29) is 31.4 Å². The van der Waals surface area contributed by atoms with E-state index in [4.69, 9.17) is 28.4 Å². The van der Waals surface area contributed by atoms with Gasteiger partial charge in [-0.25, -0.2) is 0 Å². The molecule has 0 saturated carbocycles. The molecule has 0 aromatic carbocycles. The van der Waals surface area contributed by atoms with E-state index in [1.165, 1.54) is 27.9 Å². The lowest BCUT2D eigenvalue weighted by Crippen LogP contribution is -3.12. The summed E-state index contributed by atoms with van der Waals surface area (Å²) < 4.78 is 37.1. The first-order chi connectivity index (χ1) is 23.4. The summed E-state index contributed by atoms with van der Waals surface area (Å²) in [6.07, 6.45) is -9.56. The topological polar surface area (TPSA) is 195 Å². The molecule has 298 valence electrons. The van der Waals surface area contributed by atoms with Crippen LogP contribution >= 0.6 is 0 Å². The molecule has 0 bridgehead atoms. The molecule has 51 heavy (non-hydrogen) atoms. The first-order valence-electron chi connectivity index (χ1n) is 18.6. The standard InChI is InChI=1S/C37H67NO13/c1-14-25-37(10,45)30(41)20(4)27(39)18(2)16-35(8,44)32(51-34-28(40)24(38(11)12)15-19(3)47-34)21(5)29(22(6)33(43)49-25)50-26-17-36(9,46-13)31(42)23(7)48-26/h18-26,28-32,34,40-42,44-45H,14-17H2,1-13H3/p+1. The number of carbonyl (C=O) groups is 2. The zero-order chi connectivity index (χ0) is 39.0. The lowest BCUT2D eigenvalue weighted by molar-refractivity contribution is -0.893. The highest BCUT2D eigenvalue weighted by Crippen LogP contribution is 2.40. The Balaban J connectivity index is 2.18. The highest BCUT2D eigenvalue weighted by Gasteiger charge is 2.53. The number of quaternary nitrogens is 1. The SMILES string of the molecule is CCC1OC(=O)C(C)C(OC2CC(C)(OC)C(O)C(C)O2)C(C)C(OC2OC(C)CC([NH+](C)C)C2O)C(C)(O)CC(C)C(=O)C(C)C(O)C1(C)O. The van der Waals surface area contributed by atoms with Gasteiger partial charge >= 0.3 is 5.97 Å². The quantitative estimate of drug-likeness (QED) is 0.197. The number of ketones is 1. The van der Waals surface area contributed by atoms with Gasteiger partial charge in [0.1, 0.15) is 29.6 Å². The lowest BCUT2D eigenvalue weighted by Gasteiger charge is -2.48. The average Bonchev–Trinajstić information content (AvgIpc) is 3.05. The largest absolute Gasteiger partial charge is 0.459 e. The van der Waals surface area contributed by atoms with Crippen molar-refractivity contribution in [3.05, 3.63) is 0 Å². The molecule has 14 heteroatoms. The van der Waals surface area contributed by atoms with Gasteiger partial charge in [0.2, 0.25) is 0 Å². The summed E-state index contributed by atoms with van der Waals surface area (Å²) in [5.74, 6) is -4.95. The van der Waals surface area contributed by atoms with Crippen LogP contribution in [0.25, 0.3) is 0 Å². The van der Waals surface area contributed by atoms with Crippen LogP contribution in [0.2, 0.25) is 0 Å². The zero-order valence-electron chi connectivity index (χ0n) is 33.0. The normalized spacial score (nSPS) is 49.7. The number of hydrogen-bond acceptors (Lipinski definition) is 13. The molecule has 0 aromatic rings. The van der Waals surface area contributed by atoms with Crippen molar-refractivity contribution >= 4 is 11.8 Å². The van der Waals surface area contributed by atoms with E-state index in [2.05, 4.69) is 0 Å². The molecule has 0 radical (unpaired) electrons. The monoisotopic (exact) mass is 734 g/mol. The van der Waals surface area contributed by atoms with E-state index >= 15 is 0 Å². The fourth-order valence-corrected chi connectivity index (χ4v) is 8.50. The van der Waals surface area contributed by atoms with Crippen LogP contribution in [0.3, 0.4) is 0 Å². The zero-order valence-corrected chi connectivity index (χ0v) is 33.0. The molecule has 0 spiro atoms. The molecular formula is C37H68NO13+. The average molecular weight is 735 g/mol. The maximum atomic E-state index is 14.1. The number of cyclic esters (lactones) is 1. The van der Waals surface area contributed by atoms with Gasteiger partial charge in [-0.2, -0.15) is 0 Å². The third kappa shape index (κ3) is 9.51. The minimum absolute atomic E-state index is 0.0963. The molecule has 3 saturated heterocycles. The lowest BCUT2D eigenvalue weighted by atomic mass is 9.74. The van der Waals surface area contributed by atoms with Gasteiger partial charge in [-0.1, -0.05) is 27.7 Å². The number of Topliss-reactive ketones (excluding diaryl/α,β-unsaturated/α-hetero) is 1. The van der Waals surface area contributed by atoms with Crippen LogP contribution in [0.5, 0.6) is 0 Å². The number of aliphatic hydroxyl groups is 5. The third-order valence-electron chi connectivity index (χ3n) is 11.9. The van der Waals surface area contributed by atoms with Crippen LogP contribution in [0.4, 0.5) is 0 Å². The maximum Gasteiger partial charge on any atom is 0.311 e. The van der Waals surface area contributed by atoms with Crippen LogP contribution in [0.1, 0.15) is 94.9 Å². The molecule has 0 aromatic heterocycles. The van der Waals surface area contributed by atoms with E-state index in [9.17, 15) is 35.1 Å². The molecule has 0 aliphatic carbocycles. The Morgan fingerprint density at radius 3 is 2.04 bits per heavy atom. The fourth-order valence-electron chi connectivity index (χ4n) is 8.50. The number of carbonyl (C=O) groups excluding carboxylic acids is 2. The van der Waals surface area contributed by atoms with E-state index in [1.54, 1.807) is 41.5 Å². The molecule has 3 rings (SSSR count). The van der Waals surface area contributed by atoms with Crippen molar-refractivity contribution in [2.45, 2.75) is 179 Å². The van der Waals surface area contributed by atoms with Crippen LogP contribution in [-0.2, 0) is 38.0 Å². The molecule has 0 amide bonds. The Morgan fingerprint density at radius 2 is 1.49 bits per heavy atom. The summed E-state index contributed by atoms with van der Waals surface area (Å²) in [7, 11) is 5.34. The summed E-state index contributed by atoms with van der Waals surface area (Å²) in [6, 6.07) is -0.240. The Kier molecular flexibility index (Phi) is 14.7. The second kappa shape index (κ2) is 17.0. The van der Waals surface area contributed by atoms with Gasteiger partial charge in [-0.05, 0) is 54.4 Å². The molecular weight excluding hydrogens is 666 g/mol. The highest BCUT2D eigenvalue weighted by atomic mass is 16.7. The molecule has 14 nitrogen and oxygen atoms in total. The van der Waals surface area contributed by atoms with Crippen molar-refractivity contribution in [2.24, 2.45) is 23.7 Å². The first kappa shape index (κ1) is 44.1. The minimum Gasteiger partial charge on any atom is -0.459 e. The van der Waals surface area contributed by atoms with Gasteiger partial charge in [0.15, 0.2) is 18.7 Å². The number of aliphatic hydroxyl groups excluding tert-OH is 3. The molecule has 3 fully saturated rings. The van der Waals surface area contributed by atoms with Gasteiger partial charge in [0, 0.05) is 37.7 Å². The summed E-state index contributed by atoms with van der Waals surface area (Å²) in [4.78, 5) is 28.9. The first-order valence-corrected chi connectivity index (χ1v) is 18.6. The highest BCUT2D eigenvalue weighted by molar-refractivity contribution is 5.83. The second-order valence-electron chi connectivity index (χ2n) is 16.6. The summed E-state index contributed by atoms with van der Waals surface area (Å²) in [5, 5.41) is 57.6. The van der Waals surface area contributed by atoms with Crippen molar-refractivity contribution in [1.82, 2.24) is 0 Å². The number of hydrogen-bond donors (Lipinski definition) is 6. The van der Waals surface area contributed by atoms with Crippen molar-refractivity contribution in [2.75, 3.05) is 21.2 Å². The van der Waals surface area contributed by atoms with Gasteiger partial charge in [-0.3, -0.25) is 9.59 Å². The number of methoxy groups -OCH3 is 1. The van der Waals surface area contributed by atoms with E-state index in [0.29, 0.717) is 6.42 Å². The summed E-state index contributed by atoms with van der Waals surface area (Å²) in [6.45, 7) is 16.4. The molecule has 3 heterocycles. The molecule has 3 aliphatic rings. The van der Waals surface area contributed by atoms with Crippen LogP contribution in [0.15, 0.2) is 0 Å². The van der Waals surface area contributed by atoms with Gasteiger partial charge in [0.25, 0.3) is 0 Å². The number of ether oxygens (including phenoxy) is 6. The van der Waals surface area contributed by atoms with Crippen LogP contribution < -0.4 is 4.90 Å². The van der Waals surface area contributed by atoms with Gasteiger partial charge in [0.05, 0.1) is 61.7 Å². The Labute approximate surface area is 304 Å². The van der Waals surface area contributed by atoms with Crippen LogP contribution in [0, 0.1) is 23.7 Å². The Morgan fingerprint density at radius 1 is 0.882 bits per heavy atom. The minimum atomic E-state index is -1.99. The molecule has 18 atom stereocenters. The second-order valence-corrected chi connectivity index (χ2v) is 16.6. The summed E-state index contributed by atoms with van der Waals surface area (Å²) in [5.41, 5.74) is -4.83.